The second-order valence-electron chi connectivity index (χ2n) is 6.21. The first kappa shape index (κ1) is 14.7. The molecule has 3 aliphatic rings. The molecule has 0 amide bonds. The molecular formula is C17H22F2N2. The summed E-state index contributed by atoms with van der Waals surface area (Å²) in [5.41, 5.74) is 0.786. The zero-order valence-electron chi connectivity index (χ0n) is 12.2. The molecule has 0 spiro atoms. The number of nitrogens with zero attached hydrogens (tertiary/aromatic N) is 1. The van der Waals surface area contributed by atoms with E-state index in [0.29, 0.717) is 18.5 Å². The molecule has 114 valence electrons. The van der Waals surface area contributed by atoms with Crippen LogP contribution in [0, 0.1) is 23.5 Å². The van der Waals surface area contributed by atoms with Crippen molar-refractivity contribution < 1.29 is 8.78 Å². The molecule has 21 heavy (non-hydrogen) atoms. The van der Waals surface area contributed by atoms with Crippen LogP contribution in [-0.2, 0) is 6.54 Å². The number of piperidine rings is 3. The summed E-state index contributed by atoms with van der Waals surface area (Å²) < 4.78 is 26.0. The molecule has 1 N–H and O–H groups in total. The maximum absolute atomic E-state index is 13.1. The molecule has 0 saturated carbocycles. The minimum absolute atomic E-state index is 0.560. The third kappa shape index (κ3) is 3.16. The van der Waals surface area contributed by atoms with Crippen molar-refractivity contribution in [1.82, 2.24) is 10.2 Å². The van der Waals surface area contributed by atoms with Crippen molar-refractivity contribution >= 4 is 0 Å². The molecule has 4 atom stereocenters. The molecule has 0 aromatic heterocycles. The van der Waals surface area contributed by atoms with Crippen LogP contribution in [0.15, 0.2) is 30.9 Å². The third-order valence-corrected chi connectivity index (χ3v) is 4.93. The Morgan fingerprint density at radius 2 is 2.19 bits per heavy atom. The fourth-order valence-electron chi connectivity index (χ4n) is 3.69. The maximum atomic E-state index is 13.1. The van der Waals surface area contributed by atoms with Gasteiger partial charge in [0.05, 0.1) is 0 Å². The summed E-state index contributed by atoms with van der Waals surface area (Å²) in [5.74, 6) is -0.155. The van der Waals surface area contributed by atoms with Crippen LogP contribution in [0.2, 0.25) is 0 Å². The van der Waals surface area contributed by atoms with Crippen LogP contribution in [0.4, 0.5) is 8.78 Å². The van der Waals surface area contributed by atoms with E-state index in [2.05, 4.69) is 22.9 Å². The largest absolute Gasteiger partial charge is 0.311 e. The van der Waals surface area contributed by atoms with E-state index >= 15 is 0 Å². The molecule has 4 rings (SSSR count). The van der Waals surface area contributed by atoms with Crippen molar-refractivity contribution in [2.45, 2.75) is 25.4 Å². The normalized spacial score (nSPS) is 31.3. The van der Waals surface area contributed by atoms with E-state index in [9.17, 15) is 8.78 Å². The smallest absolute Gasteiger partial charge is 0.159 e. The fourth-order valence-corrected chi connectivity index (χ4v) is 3.69. The van der Waals surface area contributed by atoms with Gasteiger partial charge in [0.1, 0.15) is 0 Å². The van der Waals surface area contributed by atoms with Crippen molar-refractivity contribution in [3.8, 4) is 0 Å². The van der Waals surface area contributed by atoms with Crippen LogP contribution in [0.25, 0.3) is 0 Å². The Bertz CT molecular complexity index is 518. The summed E-state index contributed by atoms with van der Waals surface area (Å²) in [6.07, 6.45) is 4.58. The standard InChI is InChI=1S/C17H22F2N2/c1-2-13-11-21-6-5-14(13)8-15(21)10-20-9-12-3-4-16(18)17(19)7-12/h2-4,7,13-15,20H,1,5-6,8-11H2/t13-,14-,15+/m0/s1. The number of hydrogen-bond acceptors (Lipinski definition) is 2. The molecule has 3 heterocycles. The van der Waals surface area contributed by atoms with Gasteiger partial charge in [-0.2, -0.15) is 0 Å². The lowest BCUT2D eigenvalue weighted by Crippen LogP contribution is -2.55. The lowest BCUT2D eigenvalue weighted by atomic mass is 9.75. The van der Waals surface area contributed by atoms with E-state index in [1.807, 2.05) is 0 Å². The van der Waals surface area contributed by atoms with Gasteiger partial charge in [0, 0.05) is 25.7 Å². The average molecular weight is 292 g/mol. The lowest BCUT2D eigenvalue weighted by molar-refractivity contribution is 0.0195. The topological polar surface area (TPSA) is 15.3 Å². The molecule has 1 unspecified atom stereocenters. The predicted molar refractivity (Wildman–Crippen MR) is 79.8 cm³/mol. The highest BCUT2D eigenvalue weighted by Crippen LogP contribution is 2.36. The number of halogens is 2. The summed E-state index contributed by atoms with van der Waals surface area (Å²) >= 11 is 0. The molecule has 4 heteroatoms. The summed E-state index contributed by atoms with van der Waals surface area (Å²) in [6.45, 7) is 7.71. The van der Waals surface area contributed by atoms with Crippen molar-refractivity contribution in [3.05, 3.63) is 48.1 Å². The molecule has 2 bridgehead atoms. The first-order chi connectivity index (χ1) is 10.2. The van der Waals surface area contributed by atoms with Gasteiger partial charge in [-0.3, -0.25) is 4.90 Å². The monoisotopic (exact) mass is 292 g/mol. The molecule has 3 saturated heterocycles. The molecule has 1 aromatic rings. The van der Waals surface area contributed by atoms with E-state index in [1.165, 1.54) is 31.5 Å². The minimum Gasteiger partial charge on any atom is -0.311 e. The lowest BCUT2D eigenvalue weighted by Gasteiger charge is -2.49. The van der Waals surface area contributed by atoms with Gasteiger partial charge >= 0.3 is 0 Å². The second kappa shape index (κ2) is 6.24. The molecular weight excluding hydrogens is 270 g/mol. The second-order valence-corrected chi connectivity index (χ2v) is 6.21. The number of hydrogen-bond donors (Lipinski definition) is 1. The predicted octanol–water partition coefficient (Wildman–Crippen LogP) is 2.95. The van der Waals surface area contributed by atoms with Gasteiger partial charge in [-0.05, 0) is 48.9 Å². The van der Waals surface area contributed by atoms with Crippen LogP contribution >= 0.6 is 0 Å². The first-order valence-corrected chi connectivity index (χ1v) is 7.68. The molecule has 1 aromatic carbocycles. The van der Waals surface area contributed by atoms with Crippen molar-refractivity contribution in [1.29, 1.82) is 0 Å². The number of fused-ring (bicyclic) bond motifs is 3. The molecule has 0 aliphatic carbocycles. The molecule has 3 fully saturated rings. The first-order valence-electron chi connectivity index (χ1n) is 7.68. The van der Waals surface area contributed by atoms with E-state index in [0.717, 1.165) is 24.6 Å². The Labute approximate surface area is 124 Å². The van der Waals surface area contributed by atoms with Gasteiger partial charge in [0.2, 0.25) is 0 Å². The number of nitrogens with one attached hydrogen (secondary N) is 1. The van der Waals surface area contributed by atoms with Crippen LogP contribution < -0.4 is 5.32 Å². The zero-order chi connectivity index (χ0) is 14.8. The van der Waals surface area contributed by atoms with Crippen LogP contribution in [0.3, 0.4) is 0 Å². The maximum Gasteiger partial charge on any atom is 0.159 e. The van der Waals surface area contributed by atoms with Gasteiger partial charge in [0.15, 0.2) is 11.6 Å². The summed E-state index contributed by atoms with van der Waals surface area (Å²) in [5, 5.41) is 3.38. The Morgan fingerprint density at radius 1 is 1.33 bits per heavy atom. The van der Waals surface area contributed by atoms with Crippen LogP contribution in [0.1, 0.15) is 18.4 Å². The summed E-state index contributed by atoms with van der Waals surface area (Å²) in [6, 6.07) is 4.65. The van der Waals surface area contributed by atoms with E-state index in [-0.39, 0.29) is 0 Å². The van der Waals surface area contributed by atoms with Gasteiger partial charge in [0.25, 0.3) is 0 Å². The summed E-state index contributed by atoms with van der Waals surface area (Å²) in [7, 11) is 0. The van der Waals surface area contributed by atoms with Gasteiger partial charge in [-0.1, -0.05) is 12.1 Å². The van der Waals surface area contributed by atoms with Crippen molar-refractivity contribution in [2.75, 3.05) is 19.6 Å². The fraction of sp³-hybridized carbons (Fsp3) is 0.529. The highest BCUT2D eigenvalue weighted by atomic mass is 19.2. The highest BCUT2D eigenvalue weighted by molar-refractivity contribution is 5.17. The number of benzene rings is 1. The number of rotatable bonds is 5. The van der Waals surface area contributed by atoms with Gasteiger partial charge in [-0.25, -0.2) is 8.78 Å². The quantitative estimate of drug-likeness (QED) is 0.839. The van der Waals surface area contributed by atoms with Crippen LogP contribution in [0.5, 0.6) is 0 Å². The van der Waals surface area contributed by atoms with Gasteiger partial charge < -0.3 is 5.32 Å². The zero-order valence-corrected chi connectivity index (χ0v) is 12.2. The highest BCUT2D eigenvalue weighted by Gasteiger charge is 2.38. The summed E-state index contributed by atoms with van der Waals surface area (Å²) in [4.78, 5) is 2.53. The van der Waals surface area contributed by atoms with Crippen molar-refractivity contribution in [3.63, 3.8) is 0 Å². The van der Waals surface area contributed by atoms with E-state index < -0.39 is 11.6 Å². The van der Waals surface area contributed by atoms with Crippen molar-refractivity contribution in [2.24, 2.45) is 11.8 Å². The SMILES string of the molecule is C=C[C@H]1CN2CC[C@H]1C[C@@H]2CNCc1ccc(F)c(F)c1. The Morgan fingerprint density at radius 3 is 2.86 bits per heavy atom. The molecule has 3 aliphatic heterocycles. The Hall–Kier alpha value is -1.26. The molecule has 0 radical (unpaired) electrons. The average Bonchev–Trinajstić information content (AvgIpc) is 2.51. The third-order valence-electron chi connectivity index (χ3n) is 4.93. The van der Waals surface area contributed by atoms with Crippen LogP contribution in [-0.4, -0.2) is 30.6 Å². The Kier molecular flexibility index (Phi) is 4.36. The van der Waals surface area contributed by atoms with Gasteiger partial charge in [-0.15, -0.1) is 6.58 Å². The van der Waals surface area contributed by atoms with E-state index in [1.54, 1.807) is 6.07 Å². The molecule has 2 nitrogen and oxygen atoms in total. The minimum atomic E-state index is -0.787. The Balaban J connectivity index is 1.50. The van der Waals surface area contributed by atoms with E-state index in [4.69, 9.17) is 0 Å².